The monoisotopic (exact) mass is 430 g/mol. The van der Waals surface area contributed by atoms with E-state index in [1.54, 1.807) is 6.92 Å². The molecule has 0 saturated heterocycles. The number of hydrogen-bond donors (Lipinski definition) is 1. The van der Waals surface area contributed by atoms with E-state index in [2.05, 4.69) is 33.7 Å². The van der Waals surface area contributed by atoms with Crippen molar-refractivity contribution in [2.75, 3.05) is 6.54 Å². The summed E-state index contributed by atoms with van der Waals surface area (Å²) >= 11 is -2.30. The van der Waals surface area contributed by atoms with E-state index in [0.29, 0.717) is 42.8 Å². The van der Waals surface area contributed by atoms with Crippen LogP contribution in [0.3, 0.4) is 0 Å². The van der Waals surface area contributed by atoms with Crippen molar-refractivity contribution < 1.29 is 13.2 Å². The van der Waals surface area contributed by atoms with E-state index >= 15 is 0 Å². The molecule has 2 heterocycles. The summed E-state index contributed by atoms with van der Waals surface area (Å²) in [7, 11) is 0. The maximum atomic E-state index is 13.9. The molecular weight excluding hydrogens is 405 g/mol. The molecule has 3 aromatic rings. The molecule has 0 aliphatic heterocycles. The summed E-state index contributed by atoms with van der Waals surface area (Å²) in [6.07, 6.45) is 4.77. The lowest BCUT2D eigenvalue weighted by Gasteiger charge is -2.14. The molecule has 160 valence electrons. The van der Waals surface area contributed by atoms with Crippen LogP contribution in [0.25, 0.3) is 11.2 Å². The Labute approximate surface area is 177 Å². The number of aryl methyl sites for hydroxylation is 5. The number of rotatable bonds is 8. The SMILES string of the molecule is CCc1cc2c(cc1Cc1nc3c(C)nc(F)nc3n1CCCNS(=O)[O-])CCC2. The summed E-state index contributed by atoms with van der Waals surface area (Å²) < 4.78 is 39.7. The highest BCUT2D eigenvalue weighted by atomic mass is 32.2. The van der Waals surface area contributed by atoms with Gasteiger partial charge in [0.1, 0.15) is 11.3 Å². The van der Waals surface area contributed by atoms with E-state index < -0.39 is 17.3 Å². The highest BCUT2D eigenvalue weighted by Crippen LogP contribution is 2.28. The first-order valence-corrected chi connectivity index (χ1v) is 11.4. The Balaban J connectivity index is 1.72. The third-order valence-corrected chi connectivity index (χ3v) is 6.18. The lowest BCUT2D eigenvalue weighted by Crippen LogP contribution is -2.19. The minimum atomic E-state index is -2.30. The minimum absolute atomic E-state index is 0.292. The zero-order valence-electron chi connectivity index (χ0n) is 17.2. The van der Waals surface area contributed by atoms with Crippen molar-refractivity contribution in [3.8, 4) is 0 Å². The summed E-state index contributed by atoms with van der Waals surface area (Å²) in [5, 5.41) is 0. The van der Waals surface area contributed by atoms with Gasteiger partial charge in [-0.15, -0.1) is 0 Å². The molecule has 1 aliphatic rings. The van der Waals surface area contributed by atoms with Gasteiger partial charge in [-0.3, -0.25) is 4.21 Å². The van der Waals surface area contributed by atoms with Crippen LogP contribution in [0.15, 0.2) is 12.1 Å². The fourth-order valence-corrected chi connectivity index (χ4v) is 4.61. The van der Waals surface area contributed by atoms with Gasteiger partial charge in [0, 0.05) is 30.8 Å². The van der Waals surface area contributed by atoms with Gasteiger partial charge in [-0.25, -0.2) is 14.7 Å². The van der Waals surface area contributed by atoms with Crippen molar-refractivity contribution in [2.45, 2.75) is 58.9 Å². The predicted octanol–water partition coefficient (Wildman–Crippen LogP) is 2.69. The van der Waals surface area contributed by atoms with Gasteiger partial charge in [0.15, 0.2) is 5.65 Å². The zero-order chi connectivity index (χ0) is 21.3. The van der Waals surface area contributed by atoms with Crippen molar-refractivity contribution >= 4 is 22.4 Å². The third kappa shape index (κ3) is 4.28. The Morgan fingerprint density at radius 2 is 1.93 bits per heavy atom. The van der Waals surface area contributed by atoms with E-state index in [-0.39, 0.29) is 0 Å². The van der Waals surface area contributed by atoms with Gasteiger partial charge in [-0.1, -0.05) is 19.1 Å². The molecule has 1 unspecified atom stereocenters. The second kappa shape index (κ2) is 8.87. The Bertz CT molecular complexity index is 1110. The number of halogens is 1. The molecule has 1 N–H and O–H groups in total. The first-order chi connectivity index (χ1) is 14.5. The second-order valence-corrected chi connectivity index (χ2v) is 8.44. The topological polar surface area (TPSA) is 95.8 Å². The molecule has 1 aliphatic carbocycles. The van der Waals surface area contributed by atoms with E-state index in [1.807, 2.05) is 4.57 Å². The molecular formula is C21H25FN5O2S-. The fraction of sp³-hybridized carbons (Fsp3) is 0.476. The number of aromatic nitrogens is 4. The van der Waals surface area contributed by atoms with Crippen molar-refractivity contribution in [3.05, 3.63) is 52.0 Å². The number of imidazole rings is 1. The molecule has 0 bridgehead atoms. The molecule has 9 heteroatoms. The Kier molecular flexibility index (Phi) is 6.21. The first-order valence-electron chi connectivity index (χ1n) is 10.3. The maximum Gasteiger partial charge on any atom is 0.310 e. The molecule has 1 aromatic carbocycles. The number of fused-ring (bicyclic) bond motifs is 2. The Morgan fingerprint density at radius 1 is 1.20 bits per heavy atom. The smallest absolute Gasteiger partial charge is 0.310 e. The van der Waals surface area contributed by atoms with Crippen LogP contribution in [0.5, 0.6) is 0 Å². The summed E-state index contributed by atoms with van der Waals surface area (Å²) in [6, 6.07) is 4.62. The van der Waals surface area contributed by atoms with Gasteiger partial charge < -0.3 is 9.12 Å². The van der Waals surface area contributed by atoms with Gasteiger partial charge in [0.25, 0.3) is 0 Å². The molecule has 2 aromatic heterocycles. The molecule has 30 heavy (non-hydrogen) atoms. The lowest BCUT2D eigenvalue weighted by atomic mass is 9.96. The van der Waals surface area contributed by atoms with Crippen molar-refractivity contribution in [3.63, 3.8) is 0 Å². The quantitative estimate of drug-likeness (QED) is 0.337. The molecule has 0 radical (unpaired) electrons. The maximum absolute atomic E-state index is 13.9. The highest BCUT2D eigenvalue weighted by Gasteiger charge is 2.19. The van der Waals surface area contributed by atoms with Crippen LogP contribution in [0.4, 0.5) is 4.39 Å². The van der Waals surface area contributed by atoms with Crippen molar-refractivity contribution in [1.82, 2.24) is 24.2 Å². The summed E-state index contributed by atoms with van der Waals surface area (Å²) in [5.74, 6) is 0.795. The largest absolute Gasteiger partial charge is 0.760 e. The van der Waals surface area contributed by atoms with Gasteiger partial charge in [0.2, 0.25) is 0 Å². The number of benzene rings is 1. The standard InChI is InChI=1S/C21H26FN5O2S/c1-3-14-10-15-6-4-7-16(15)11-17(14)12-18-25-19-13(2)24-21(22)26-20(19)27(18)9-5-8-23-30(28)29/h10-11,23H,3-9,12H2,1-2H3,(H,28,29)/p-1. The molecule has 1 atom stereocenters. The van der Waals surface area contributed by atoms with Gasteiger partial charge in [-0.05, 0) is 61.3 Å². The third-order valence-electron chi connectivity index (χ3n) is 5.74. The summed E-state index contributed by atoms with van der Waals surface area (Å²) in [6.45, 7) is 4.66. The van der Waals surface area contributed by atoms with Crippen LogP contribution in [0.2, 0.25) is 0 Å². The second-order valence-electron chi connectivity index (χ2n) is 7.69. The number of hydrogen-bond acceptors (Lipinski definition) is 5. The van der Waals surface area contributed by atoms with Crippen LogP contribution in [0.1, 0.15) is 53.5 Å². The molecule has 0 saturated carbocycles. The molecule has 0 fully saturated rings. The van der Waals surface area contributed by atoms with Crippen LogP contribution in [-0.4, -0.2) is 34.8 Å². The van der Waals surface area contributed by atoms with E-state index in [0.717, 1.165) is 25.1 Å². The summed E-state index contributed by atoms with van der Waals surface area (Å²) in [5.41, 5.74) is 6.95. The normalized spacial score (nSPS) is 14.4. The number of nitrogens with one attached hydrogen (secondary N) is 1. The Hall–Kier alpha value is -2.23. The lowest BCUT2D eigenvalue weighted by molar-refractivity contribution is 0.516. The van der Waals surface area contributed by atoms with Gasteiger partial charge >= 0.3 is 6.08 Å². The number of nitrogens with zero attached hydrogens (tertiary/aromatic N) is 4. The average Bonchev–Trinajstić information content (AvgIpc) is 3.29. The zero-order valence-corrected chi connectivity index (χ0v) is 18.0. The van der Waals surface area contributed by atoms with Crippen molar-refractivity contribution in [1.29, 1.82) is 0 Å². The van der Waals surface area contributed by atoms with Gasteiger partial charge in [0.05, 0.1) is 5.69 Å². The van der Waals surface area contributed by atoms with E-state index in [1.165, 1.54) is 28.7 Å². The van der Waals surface area contributed by atoms with Crippen LogP contribution < -0.4 is 4.72 Å². The van der Waals surface area contributed by atoms with Crippen LogP contribution in [0, 0.1) is 13.0 Å². The molecule has 7 nitrogen and oxygen atoms in total. The summed E-state index contributed by atoms with van der Waals surface area (Å²) in [4.78, 5) is 12.6. The Morgan fingerprint density at radius 3 is 2.63 bits per heavy atom. The van der Waals surface area contributed by atoms with E-state index in [9.17, 15) is 13.2 Å². The highest BCUT2D eigenvalue weighted by molar-refractivity contribution is 7.77. The minimum Gasteiger partial charge on any atom is -0.760 e. The van der Waals surface area contributed by atoms with E-state index in [4.69, 9.17) is 4.98 Å². The molecule has 4 rings (SSSR count). The molecule has 0 amide bonds. The van der Waals surface area contributed by atoms with Gasteiger partial charge in [-0.2, -0.15) is 9.37 Å². The van der Waals surface area contributed by atoms with Crippen molar-refractivity contribution in [2.24, 2.45) is 0 Å². The predicted molar refractivity (Wildman–Crippen MR) is 112 cm³/mol. The fourth-order valence-electron chi connectivity index (χ4n) is 4.30. The average molecular weight is 431 g/mol. The van der Waals surface area contributed by atoms with Crippen LogP contribution in [-0.2, 0) is 43.5 Å². The molecule has 0 spiro atoms. The van der Waals surface area contributed by atoms with Crippen LogP contribution >= 0.6 is 0 Å². The first kappa shape index (κ1) is 21.0.